The summed E-state index contributed by atoms with van der Waals surface area (Å²) in [6.07, 6.45) is 0. The van der Waals surface area contributed by atoms with Crippen LogP contribution in [0.15, 0.2) is 72.2 Å². The van der Waals surface area contributed by atoms with E-state index in [0.29, 0.717) is 0 Å². The summed E-state index contributed by atoms with van der Waals surface area (Å²) in [6, 6.07) is 22.6. The van der Waals surface area contributed by atoms with Crippen LogP contribution in [0, 0.1) is 28.6 Å². The molecule has 1 heterocycles. The second kappa shape index (κ2) is 5.59. The normalized spacial score (nSPS) is 19.3. The predicted octanol–water partition coefficient (Wildman–Crippen LogP) is 3.72. The van der Waals surface area contributed by atoms with Crippen molar-refractivity contribution in [1.29, 1.82) is 10.5 Å². The van der Waals surface area contributed by atoms with E-state index < -0.39 is 17.4 Å². The van der Waals surface area contributed by atoms with Crippen molar-refractivity contribution in [2.24, 2.45) is 5.92 Å². The largest absolute Gasteiger partial charge is 0.335 e. The molecule has 2 aromatic rings. The molecule has 1 aliphatic rings. The highest BCUT2D eigenvalue weighted by molar-refractivity contribution is 5.52. The van der Waals surface area contributed by atoms with E-state index in [-0.39, 0.29) is 5.57 Å². The lowest BCUT2D eigenvalue weighted by atomic mass is 9.72. The highest BCUT2D eigenvalue weighted by Gasteiger charge is 2.55. The first-order valence-corrected chi connectivity index (χ1v) is 7.22. The number of halogens is 1. The van der Waals surface area contributed by atoms with E-state index in [4.69, 9.17) is 0 Å². The molecule has 1 unspecified atom stereocenters. The minimum absolute atomic E-state index is 0.122. The molecule has 0 aliphatic carbocycles. The fourth-order valence-corrected chi connectivity index (χ4v) is 3.40. The van der Waals surface area contributed by atoms with Gasteiger partial charge in [-0.3, -0.25) is 0 Å². The number of nitrogens with zero attached hydrogens (tertiary/aromatic N) is 3. The smallest absolute Gasteiger partial charge is 0.205 e. The summed E-state index contributed by atoms with van der Waals surface area (Å²) in [5, 5.41) is 19.1. The second-order valence-electron chi connectivity index (χ2n) is 5.44. The lowest BCUT2D eigenvalue weighted by Crippen LogP contribution is -2.44. The van der Waals surface area contributed by atoms with Gasteiger partial charge in [-0.15, -0.1) is 0 Å². The van der Waals surface area contributed by atoms with Crippen LogP contribution in [0.4, 0.5) is 4.39 Å². The topological polar surface area (TPSA) is 50.8 Å². The van der Waals surface area contributed by atoms with Gasteiger partial charge in [0.2, 0.25) is 5.95 Å². The number of rotatable bonds is 2. The van der Waals surface area contributed by atoms with Crippen LogP contribution in [-0.2, 0) is 5.54 Å². The van der Waals surface area contributed by atoms with Gasteiger partial charge in [0, 0.05) is 7.05 Å². The third kappa shape index (κ3) is 1.93. The van der Waals surface area contributed by atoms with Gasteiger partial charge in [-0.2, -0.15) is 14.9 Å². The van der Waals surface area contributed by atoms with Crippen LogP contribution in [0.5, 0.6) is 0 Å². The zero-order valence-electron chi connectivity index (χ0n) is 12.6. The second-order valence-corrected chi connectivity index (χ2v) is 5.44. The average molecular weight is 303 g/mol. The van der Waals surface area contributed by atoms with E-state index in [1.165, 1.54) is 4.90 Å². The van der Waals surface area contributed by atoms with Crippen molar-refractivity contribution < 1.29 is 4.39 Å². The molecule has 4 heteroatoms. The lowest BCUT2D eigenvalue weighted by molar-refractivity contribution is 0.174. The molecule has 0 aromatic heterocycles. The summed E-state index contributed by atoms with van der Waals surface area (Å²) in [5.74, 6) is -1.56. The van der Waals surface area contributed by atoms with Crippen LogP contribution in [-0.4, -0.2) is 11.9 Å². The zero-order chi connectivity index (χ0) is 16.4. The number of nitriles is 2. The molecule has 3 rings (SSSR count). The van der Waals surface area contributed by atoms with Crippen LogP contribution in [0.2, 0.25) is 0 Å². The average Bonchev–Trinajstić information content (AvgIpc) is 2.84. The van der Waals surface area contributed by atoms with Crippen LogP contribution in [0.1, 0.15) is 11.1 Å². The molecule has 0 saturated heterocycles. The Labute approximate surface area is 134 Å². The summed E-state index contributed by atoms with van der Waals surface area (Å²) in [6.45, 7) is 0. The van der Waals surface area contributed by atoms with Gasteiger partial charge in [0.1, 0.15) is 23.1 Å². The van der Waals surface area contributed by atoms with Crippen molar-refractivity contribution in [3.8, 4) is 12.1 Å². The molecule has 1 atom stereocenters. The van der Waals surface area contributed by atoms with E-state index >= 15 is 0 Å². The molecule has 2 aromatic carbocycles. The first kappa shape index (κ1) is 14.8. The quantitative estimate of drug-likeness (QED) is 0.794. The van der Waals surface area contributed by atoms with Gasteiger partial charge in [0.25, 0.3) is 0 Å². The van der Waals surface area contributed by atoms with Crippen molar-refractivity contribution >= 4 is 0 Å². The standard InChI is InChI=1S/C19H14FN3/c1-23-18(20)16(12-21)17(13-22)19(23,14-8-4-2-5-9-14)15-10-6-3-7-11-15/h2-11,17H,1H3. The Hall–Kier alpha value is -3.11. The van der Waals surface area contributed by atoms with Gasteiger partial charge in [0.05, 0.1) is 6.07 Å². The van der Waals surface area contributed by atoms with E-state index in [2.05, 4.69) is 6.07 Å². The van der Waals surface area contributed by atoms with Crippen LogP contribution in [0.25, 0.3) is 0 Å². The van der Waals surface area contributed by atoms with Crippen molar-refractivity contribution in [3.05, 3.63) is 83.3 Å². The summed E-state index contributed by atoms with van der Waals surface area (Å²) in [7, 11) is 1.59. The first-order chi connectivity index (χ1) is 11.2. The maximum absolute atomic E-state index is 14.7. The molecule has 0 amide bonds. The van der Waals surface area contributed by atoms with Gasteiger partial charge < -0.3 is 4.90 Å². The third-order valence-corrected chi connectivity index (χ3v) is 4.43. The Bertz CT molecular complexity index is 789. The molecule has 112 valence electrons. The Morgan fingerprint density at radius 2 is 1.43 bits per heavy atom. The Balaban J connectivity index is 2.36. The molecule has 1 aliphatic heterocycles. The molecular weight excluding hydrogens is 289 g/mol. The van der Waals surface area contributed by atoms with Crippen LogP contribution >= 0.6 is 0 Å². The van der Waals surface area contributed by atoms with Crippen LogP contribution < -0.4 is 0 Å². The summed E-state index contributed by atoms with van der Waals surface area (Å²) in [5.41, 5.74) is 0.385. The predicted molar refractivity (Wildman–Crippen MR) is 84.3 cm³/mol. The van der Waals surface area contributed by atoms with Crippen molar-refractivity contribution in [3.63, 3.8) is 0 Å². The van der Waals surface area contributed by atoms with E-state index in [1.807, 2.05) is 66.7 Å². The zero-order valence-corrected chi connectivity index (χ0v) is 12.6. The molecule has 0 radical (unpaired) electrons. The summed E-state index contributed by atoms with van der Waals surface area (Å²) >= 11 is 0. The van der Waals surface area contributed by atoms with Gasteiger partial charge in [-0.05, 0) is 11.1 Å². The van der Waals surface area contributed by atoms with Gasteiger partial charge in [-0.1, -0.05) is 60.7 Å². The molecule has 0 fully saturated rings. The van der Waals surface area contributed by atoms with Crippen molar-refractivity contribution in [2.45, 2.75) is 5.54 Å². The fraction of sp³-hybridized carbons (Fsp3) is 0.158. The highest BCUT2D eigenvalue weighted by Crippen LogP contribution is 2.51. The van der Waals surface area contributed by atoms with E-state index in [1.54, 1.807) is 7.05 Å². The summed E-state index contributed by atoms with van der Waals surface area (Å²) < 4.78 is 14.7. The molecule has 3 nitrogen and oxygen atoms in total. The molecule has 0 saturated carbocycles. The molecule has 23 heavy (non-hydrogen) atoms. The molecule has 0 N–H and O–H groups in total. The van der Waals surface area contributed by atoms with Gasteiger partial charge >= 0.3 is 0 Å². The monoisotopic (exact) mass is 303 g/mol. The lowest BCUT2D eigenvalue weighted by Gasteiger charge is -2.40. The molecule has 0 bridgehead atoms. The minimum Gasteiger partial charge on any atom is -0.335 e. The number of hydrogen-bond donors (Lipinski definition) is 0. The Morgan fingerprint density at radius 3 is 1.83 bits per heavy atom. The van der Waals surface area contributed by atoms with E-state index in [9.17, 15) is 14.9 Å². The number of hydrogen-bond acceptors (Lipinski definition) is 3. The first-order valence-electron chi connectivity index (χ1n) is 7.22. The van der Waals surface area contributed by atoms with Crippen LogP contribution in [0.3, 0.4) is 0 Å². The molecular formula is C19H14FN3. The SMILES string of the molecule is CN1C(F)=C(C#N)C(C#N)C1(c1ccccc1)c1ccccc1. The molecule has 0 spiro atoms. The van der Waals surface area contributed by atoms with Crippen molar-refractivity contribution in [2.75, 3.05) is 7.05 Å². The van der Waals surface area contributed by atoms with Crippen molar-refractivity contribution in [1.82, 2.24) is 4.90 Å². The maximum Gasteiger partial charge on any atom is 0.205 e. The Morgan fingerprint density at radius 1 is 0.957 bits per heavy atom. The highest BCUT2D eigenvalue weighted by atomic mass is 19.1. The maximum atomic E-state index is 14.7. The Kier molecular flexibility index (Phi) is 3.60. The summed E-state index contributed by atoms with van der Waals surface area (Å²) in [4.78, 5) is 1.41. The van der Waals surface area contributed by atoms with E-state index in [0.717, 1.165) is 11.1 Å². The third-order valence-electron chi connectivity index (χ3n) is 4.43. The fourth-order valence-electron chi connectivity index (χ4n) is 3.40. The number of benzene rings is 2. The van der Waals surface area contributed by atoms with Gasteiger partial charge in [-0.25, -0.2) is 0 Å². The minimum atomic E-state index is -1.05. The van der Waals surface area contributed by atoms with Gasteiger partial charge in [0.15, 0.2) is 0 Å².